The van der Waals surface area contributed by atoms with Gasteiger partial charge in [0, 0.05) is 37.9 Å². The van der Waals surface area contributed by atoms with Gasteiger partial charge in [-0.25, -0.2) is 4.39 Å². The average molecular weight is 271 g/mol. The third kappa shape index (κ3) is 5.44. The highest BCUT2D eigenvalue weighted by atomic mass is 19.1. The number of hydrogen-bond donors (Lipinski definition) is 1. The molecule has 0 amide bonds. The Morgan fingerprint density at radius 2 is 1.89 bits per heavy atom. The zero-order chi connectivity index (χ0) is 14.1. The lowest BCUT2D eigenvalue weighted by molar-refractivity contribution is -0.137. The van der Waals surface area contributed by atoms with Crippen molar-refractivity contribution in [3.05, 3.63) is 24.0 Å². The summed E-state index contributed by atoms with van der Waals surface area (Å²) in [4.78, 5) is 0. The molecule has 1 aromatic rings. The van der Waals surface area contributed by atoms with Gasteiger partial charge >= 0.3 is 0 Å². The fraction of sp³-hybridized carbons (Fsp3) is 0.571. The number of rotatable bonds is 9. The molecule has 0 saturated heterocycles. The summed E-state index contributed by atoms with van der Waals surface area (Å²) in [7, 11) is 1.44. The van der Waals surface area contributed by atoms with Crippen molar-refractivity contribution in [2.24, 2.45) is 0 Å². The molecule has 0 heterocycles. The van der Waals surface area contributed by atoms with Gasteiger partial charge in [-0.2, -0.15) is 0 Å². The maximum atomic E-state index is 13.5. The summed E-state index contributed by atoms with van der Waals surface area (Å²) in [6.45, 7) is 5.73. The van der Waals surface area contributed by atoms with Gasteiger partial charge in [0.2, 0.25) is 0 Å². The van der Waals surface area contributed by atoms with Crippen LogP contribution in [0.25, 0.3) is 0 Å². The Labute approximate surface area is 113 Å². The van der Waals surface area contributed by atoms with E-state index in [2.05, 4.69) is 5.32 Å². The third-order valence-electron chi connectivity index (χ3n) is 2.57. The number of benzene rings is 1. The van der Waals surface area contributed by atoms with Crippen LogP contribution in [0.5, 0.6) is 5.75 Å². The smallest absolute Gasteiger partial charge is 0.167 e. The first-order valence-electron chi connectivity index (χ1n) is 6.51. The van der Waals surface area contributed by atoms with Gasteiger partial charge in [-0.3, -0.25) is 0 Å². The first-order valence-corrected chi connectivity index (χ1v) is 6.51. The van der Waals surface area contributed by atoms with Gasteiger partial charge in [0.05, 0.1) is 7.11 Å². The van der Waals surface area contributed by atoms with E-state index < -0.39 is 0 Å². The molecule has 1 aromatic carbocycles. The van der Waals surface area contributed by atoms with Crippen molar-refractivity contribution in [3.63, 3.8) is 0 Å². The van der Waals surface area contributed by atoms with E-state index in [9.17, 15) is 4.39 Å². The van der Waals surface area contributed by atoms with Crippen molar-refractivity contribution in [3.8, 4) is 5.75 Å². The zero-order valence-corrected chi connectivity index (χ0v) is 11.7. The monoisotopic (exact) mass is 271 g/mol. The lowest BCUT2D eigenvalue weighted by Gasteiger charge is -2.17. The topological polar surface area (TPSA) is 39.7 Å². The minimum Gasteiger partial charge on any atom is -0.494 e. The van der Waals surface area contributed by atoms with Crippen LogP contribution in [0.15, 0.2) is 18.2 Å². The van der Waals surface area contributed by atoms with Crippen LogP contribution in [0.4, 0.5) is 10.1 Å². The summed E-state index contributed by atoms with van der Waals surface area (Å²) in [5, 5.41) is 3.13. The van der Waals surface area contributed by atoms with E-state index in [0.29, 0.717) is 31.9 Å². The molecule has 0 spiro atoms. The standard InChI is InChI=1S/C14H22FNO3/c1-4-18-14(19-5-2)8-9-16-11-6-7-13(17-3)12(15)10-11/h6-7,10,14,16H,4-5,8-9H2,1-3H3. The number of nitrogens with one attached hydrogen (secondary N) is 1. The second-order valence-electron chi connectivity index (χ2n) is 3.91. The summed E-state index contributed by atoms with van der Waals surface area (Å²) < 4.78 is 29.2. The van der Waals surface area contributed by atoms with Crippen LogP contribution in [-0.2, 0) is 9.47 Å². The second kappa shape index (κ2) is 8.72. The molecule has 1 rings (SSSR count). The Balaban J connectivity index is 2.41. The first kappa shape index (κ1) is 15.7. The van der Waals surface area contributed by atoms with Crippen molar-refractivity contribution in [2.45, 2.75) is 26.6 Å². The van der Waals surface area contributed by atoms with E-state index in [-0.39, 0.29) is 17.9 Å². The molecule has 0 aliphatic heterocycles. The van der Waals surface area contributed by atoms with Gasteiger partial charge < -0.3 is 19.5 Å². The van der Waals surface area contributed by atoms with Crippen molar-refractivity contribution < 1.29 is 18.6 Å². The van der Waals surface area contributed by atoms with Crippen LogP contribution in [0.2, 0.25) is 0 Å². The molecule has 19 heavy (non-hydrogen) atoms. The molecule has 0 bridgehead atoms. The Bertz CT molecular complexity index is 368. The Morgan fingerprint density at radius 3 is 2.42 bits per heavy atom. The number of halogens is 1. The molecule has 5 heteroatoms. The SMILES string of the molecule is CCOC(CCNc1ccc(OC)c(F)c1)OCC. The largest absolute Gasteiger partial charge is 0.494 e. The number of anilines is 1. The van der Waals surface area contributed by atoms with E-state index in [0.717, 1.165) is 0 Å². The van der Waals surface area contributed by atoms with Crippen molar-refractivity contribution in [1.82, 2.24) is 0 Å². The fourth-order valence-electron chi connectivity index (χ4n) is 1.70. The van der Waals surface area contributed by atoms with Crippen LogP contribution >= 0.6 is 0 Å². The molecular formula is C14H22FNO3. The minimum atomic E-state index is -0.376. The predicted molar refractivity (Wildman–Crippen MR) is 73.1 cm³/mol. The Morgan fingerprint density at radius 1 is 1.21 bits per heavy atom. The molecule has 0 aliphatic rings. The van der Waals surface area contributed by atoms with E-state index >= 15 is 0 Å². The molecule has 0 fully saturated rings. The molecule has 0 aromatic heterocycles. The van der Waals surface area contributed by atoms with Gasteiger partial charge in [0.25, 0.3) is 0 Å². The van der Waals surface area contributed by atoms with Crippen LogP contribution < -0.4 is 10.1 Å². The highest BCUT2D eigenvalue weighted by Crippen LogP contribution is 2.20. The van der Waals surface area contributed by atoms with Gasteiger partial charge in [-0.15, -0.1) is 0 Å². The predicted octanol–water partition coefficient (Wildman–Crippen LogP) is 3.04. The van der Waals surface area contributed by atoms with Crippen molar-refractivity contribution in [1.29, 1.82) is 0 Å². The summed E-state index contributed by atoms with van der Waals surface area (Å²) >= 11 is 0. The van der Waals surface area contributed by atoms with E-state index in [1.165, 1.54) is 13.2 Å². The molecule has 108 valence electrons. The normalized spacial score (nSPS) is 10.8. The van der Waals surface area contributed by atoms with E-state index in [1.54, 1.807) is 12.1 Å². The van der Waals surface area contributed by atoms with Crippen molar-refractivity contribution >= 4 is 5.69 Å². The minimum absolute atomic E-state index is 0.217. The molecule has 0 saturated carbocycles. The maximum absolute atomic E-state index is 13.5. The van der Waals surface area contributed by atoms with Gasteiger partial charge in [-0.1, -0.05) is 0 Å². The third-order valence-corrected chi connectivity index (χ3v) is 2.57. The zero-order valence-electron chi connectivity index (χ0n) is 11.7. The lowest BCUT2D eigenvalue weighted by Crippen LogP contribution is -2.21. The molecular weight excluding hydrogens is 249 g/mol. The average Bonchev–Trinajstić information content (AvgIpc) is 2.39. The summed E-state index contributed by atoms with van der Waals surface area (Å²) in [5.74, 6) is -0.134. The van der Waals surface area contributed by atoms with Gasteiger partial charge in [0.1, 0.15) is 0 Å². The van der Waals surface area contributed by atoms with Crippen LogP contribution in [0.1, 0.15) is 20.3 Å². The van der Waals surface area contributed by atoms with Crippen LogP contribution in [-0.4, -0.2) is 33.2 Å². The maximum Gasteiger partial charge on any atom is 0.167 e. The number of hydrogen-bond acceptors (Lipinski definition) is 4. The van der Waals surface area contributed by atoms with Crippen LogP contribution in [0.3, 0.4) is 0 Å². The highest BCUT2D eigenvalue weighted by molar-refractivity contribution is 5.47. The van der Waals surface area contributed by atoms with Gasteiger partial charge in [-0.05, 0) is 26.0 Å². The number of methoxy groups -OCH3 is 1. The van der Waals surface area contributed by atoms with E-state index in [1.807, 2.05) is 13.8 Å². The quantitative estimate of drug-likeness (QED) is 0.701. The first-order chi connectivity index (χ1) is 9.21. The lowest BCUT2D eigenvalue weighted by atomic mass is 10.2. The fourth-order valence-corrected chi connectivity index (χ4v) is 1.70. The second-order valence-corrected chi connectivity index (χ2v) is 3.91. The van der Waals surface area contributed by atoms with Crippen LogP contribution in [0, 0.1) is 5.82 Å². The summed E-state index contributed by atoms with van der Waals surface area (Å²) in [6.07, 6.45) is 0.487. The summed E-state index contributed by atoms with van der Waals surface area (Å²) in [6, 6.07) is 4.79. The molecule has 1 N–H and O–H groups in total. The highest BCUT2D eigenvalue weighted by Gasteiger charge is 2.08. The van der Waals surface area contributed by atoms with Crippen molar-refractivity contribution in [2.75, 3.05) is 32.2 Å². The Hall–Kier alpha value is -1.33. The summed E-state index contributed by atoms with van der Waals surface area (Å²) in [5.41, 5.74) is 0.713. The molecule has 0 atom stereocenters. The van der Waals surface area contributed by atoms with Gasteiger partial charge in [0.15, 0.2) is 17.9 Å². The molecule has 0 unspecified atom stereocenters. The molecule has 0 radical (unpaired) electrons. The molecule has 0 aliphatic carbocycles. The Kier molecular flexibility index (Phi) is 7.22. The number of ether oxygens (including phenoxy) is 3. The van der Waals surface area contributed by atoms with E-state index in [4.69, 9.17) is 14.2 Å². The molecule has 4 nitrogen and oxygen atoms in total.